The molecule has 1 radical (unpaired) electrons. The largest absolute Gasteiger partial charge is 1.00 e. The standard InChI is InChI=1S/C4H9O.2Li/c1-4(2,3)5;;/h1-3H3;;/q-1;;+1. The van der Waals surface area contributed by atoms with Crippen LogP contribution in [0.1, 0.15) is 20.8 Å². The summed E-state index contributed by atoms with van der Waals surface area (Å²) in [4.78, 5) is 0. The van der Waals surface area contributed by atoms with Gasteiger partial charge in [0.2, 0.25) is 0 Å². The zero-order valence-corrected chi connectivity index (χ0v) is 5.91. The van der Waals surface area contributed by atoms with Crippen molar-refractivity contribution in [2.75, 3.05) is 0 Å². The molecule has 0 saturated carbocycles. The molecule has 0 heterocycles. The van der Waals surface area contributed by atoms with Crippen LogP contribution in [0.25, 0.3) is 0 Å². The molecule has 0 aromatic heterocycles. The summed E-state index contributed by atoms with van der Waals surface area (Å²) in [6.45, 7) is 4.90. The first-order valence-corrected chi connectivity index (χ1v) is 1.70. The first-order chi connectivity index (χ1) is 2.00. The van der Waals surface area contributed by atoms with Gasteiger partial charge in [0.1, 0.15) is 0 Å². The minimum absolute atomic E-state index is 0. The molecule has 0 aliphatic carbocycles. The molecule has 0 aliphatic rings. The van der Waals surface area contributed by atoms with E-state index in [4.69, 9.17) is 0 Å². The Bertz CT molecular complexity index is 25.2. The smallest absolute Gasteiger partial charge is 0.850 e. The summed E-state index contributed by atoms with van der Waals surface area (Å²) >= 11 is 0. The van der Waals surface area contributed by atoms with Crippen molar-refractivity contribution in [2.45, 2.75) is 26.4 Å². The summed E-state index contributed by atoms with van der Waals surface area (Å²) in [5, 5.41) is 10.1. The third-order valence-electron chi connectivity index (χ3n) is 0. The molecular weight excluding hydrogens is 77.9 g/mol. The van der Waals surface area contributed by atoms with E-state index in [0.717, 1.165) is 0 Å². The Morgan fingerprint density at radius 1 is 1.14 bits per heavy atom. The predicted molar refractivity (Wildman–Crippen MR) is 25.5 cm³/mol. The van der Waals surface area contributed by atoms with Gasteiger partial charge < -0.3 is 5.11 Å². The summed E-state index contributed by atoms with van der Waals surface area (Å²) in [5.41, 5.74) is -0.750. The second-order valence-electron chi connectivity index (χ2n) is 2.11. The zero-order valence-electron chi connectivity index (χ0n) is 5.91. The average Bonchev–Trinajstić information content (AvgIpc) is 0.722. The Morgan fingerprint density at radius 3 is 1.14 bits per heavy atom. The molecule has 0 aromatic carbocycles. The van der Waals surface area contributed by atoms with E-state index in [1.54, 1.807) is 20.8 Å². The van der Waals surface area contributed by atoms with Gasteiger partial charge in [0.15, 0.2) is 0 Å². The van der Waals surface area contributed by atoms with E-state index in [9.17, 15) is 5.11 Å². The number of hydrogen-bond donors (Lipinski definition) is 0. The van der Waals surface area contributed by atoms with Gasteiger partial charge in [-0.25, -0.2) is 0 Å². The fraction of sp³-hybridized carbons (Fsp3) is 1.00. The van der Waals surface area contributed by atoms with Gasteiger partial charge >= 0.3 is 18.9 Å². The van der Waals surface area contributed by atoms with Crippen LogP contribution in [0.4, 0.5) is 0 Å². The Hall–Kier alpha value is 1.15. The minimum Gasteiger partial charge on any atom is -0.850 e. The van der Waals surface area contributed by atoms with Gasteiger partial charge in [-0.1, -0.05) is 20.8 Å². The predicted octanol–water partition coefficient (Wildman–Crippen LogP) is -3.23. The van der Waals surface area contributed by atoms with E-state index in [2.05, 4.69) is 0 Å². The first-order valence-electron chi connectivity index (χ1n) is 1.70. The van der Waals surface area contributed by atoms with Gasteiger partial charge in [-0.2, -0.15) is 0 Å². The summed E-state index contributed by atoms with van der Waals surface area (Å²) in [5.74, 6) is 0. The third-order valence-corrected chi connectivity index (χ3v) is 0. The second kappa shape index (κ2) is 5.29. The van der Waals surface area contributed by atoms with Crippen LogP contribution < -0.4 is 24.0 Å². The summed E-state index contributed by atoms with van der Waals surface area (Å²) in [6, 6.07) is 0. The van der Waals surface area contributed by atoms with E-state index in [1.165, 1.54) is 0 Å². The van der Waals surface area contributed by atoms with Crippen LogP contribution in [0, 0.1) is 0 Å². The SMILES string of the molecule is CC(C)(C)[O-].[Li+].[Li]. The topological polar surface area (TPSA) is 23.1 Å². The molecule has 0 rings (SSSR count). The van der Waals surface area contributed by atoms with Crippen molar-refractivity contribution in [3.8, 4) is 0 Å². The summed E-state index contributed by atoms with van der Waals surface area (Å²) in [6.07, 6.45) is 0. The van der Waals surface area contributed by atoms with Gasteiger partial charge in [-0.05, 0) is 0 Å². The maximum absolute atomic E-state index is 10.1. The molecular formula is C4H9Li2O. The third kappa shape index (κ3) is 143. The molecule has 0 spiro atoms. The number of hydrogen-bond acceptors (Lipinski definition) is 1. The van der Waals surface area contributed by atoms with Crippen molar-refractivity contribution in [1.29, 1.82) is 0 Å². The minimum atomic E-state index is -0.750. The molecule has 7 heavy (non-hydrogen) atoms. The summed E-state index contributed by atoms with van der Waals surface area (Å²) < 4.78 is 0. The van der Waals surface area contributed by atoms with Crippen LogP contribution >= 0.6 is 0 Å². The quantitative estimate of drug-likeness (QED) is 0.285. The molecule has 0 unspecified atom stereocenters. The maximum Gasteiger partial charge on any atom is 1.00 e. The number of rotatable bonds is 0. The molecule has 33 valence electrons. The van der Waals surface area contributed by atoms with E-state index >= 15 is 0 Å². The average molecular weight is 87.0 g/mol. The van der Waals surface area contributed by atoms with Crippen molar-refractivity contribution in [1.82, 2.24) is 0 Å². The first kappa shape index (κ1) is 15.7. The molecule has 0 aliphatic heterocycles. The van der Waals surface area contributed by atoms with Crippen LogP contribution in [0.15, 0.2) is 0 Å². The van der Waals surface area contributed by atoms with Crippen molar-refractivity contribution in [3.05, 3.63) is 0 Å². The maximum atomic E-state index is 10.1. The van der Waals surface area contributed by atoms with Crippen LogP contribution in [0.3, 0.4) is 0 Å². The molecule has 0 amide bonds. The van der Waals surface area contributed by atoms with E-state index in [0.29, 0.717) is 0 Å². The van der Waals surface area contributed by atoms with Gasteiger partial charge in [-0.15, -0.1) is 5.60 Å². The molecule has 0 aromatic rings. The van der Waals surface area contributed by atoms with Crippen LogP contribution in [0.5, 0.6) is 0 Å². The van der Waals surface area contributed by atoms with Crippen LogP contribution in [0.2, 0.25) is 0 Å². The van der Waals surface area contributed by atoms with Gasteiger partial charge in [0, 0.05) is 18.9 Å². The Morgan fingerprint density at radius 2 is 1.14 bits per heavy atom. The van der Waals surface area contributed by atoms with Crippen molar-refractivity contribution < 1.29 is 24.0 Å². The molecule has 0 saturated heterocycles. The molecule has 3 heteroatoms. The van der Waals surface area contributed by atoms with E-state index in [-0.39, 0.29) is 37.7 Å². The van der Waals surface area contributed by atoms with Gasteiger partial charge in [0.25, 0.3) is 0 Å². The fourth-order valence-corrected chi connectivity index (χ4v) is 0. The Labute approximate surface area is 69.2 Å². The zero-order chi connectivity index (χ0) is 4.50. The molecule has 0 fully saturated rings. The van der Waals surface area contributed by atoms with Gasteiger partial charge in [-0.3, -0.25) is 0 Å². The van der Waals surface area contributed by atoms with Crippen LogP contribution in [-0.2, 0) is 0 Å². The molecule has 0 bridgehead atoms. The van der Waals surface area contributed by atoms with E-state index < -0.39 is 5.60 Å². The van der Waals surface area contributed by atoms with E-state index in [1.807, 2.05) is 0 Å². The normalized spacial score (nSPS) is 8.57. The molecule has 0 N–H and O–H groups in total. The summed E-state index contributed by atoms with van der Waals surface area (Å²) in [7, 11) is 0. The molecule has 0 atom stereocenters. The van der Waals surface area contributed by atoms with Crippen LogP contribution in [-0.4, -0.2) is 24.5 Å². The second-order valence-corrected chi connectivity index (χ2v) is 2.11. The Kier molecular flexibility index (Phi) is 11.9. The Balaban J connectivity index is -0.0000000800. The van der Waals surface area contributed by atoms with Crippen molar-refractivity contribution >= 4 is 18.9 Å². The monoisotopic (exact) mass is 87.1 g/mol. The fourth-order valence-electron chi connectivity index (χ4n) is 0. The molecule has 1 nitrogen and oxygen atoms in total. The van der Waals surface area contributed by atoms with Crippen molar-refractivity contribution in [2.24, 2.45) is 0 Å². The van der Waals surface area contributed by atoms with Crippen molar-refractivity contribution in [3.63, 3.8) is 0 Å². The van der Waals surface area contributed by atoms with Gasteiger partial charge in [0.05, 0.1) is 0 Å².